The second kappa shape index (κ2) is 3.21. The Morgan fingerprint density at radius 3 is 2.25 bits per heavy atom. The van der Waals surface area contributed by atoms with Gasteiger partial charge < -0.3 is 5.11 Å². The van der Waals surface area contributed by atoms with E-state index in [4.69, 9.17) is 5.11 Å². The molecule has 0 saturated heterocycles. The minimum atomic E-state index is 0.355. The lowest BCUT2D eigenvalue weighted by Crippen LogP contribution is -1.93. The Labute approximate surface area is 75.5 Å². The summed E-state index contributed by atoms with van der Waals surface area (Å²) in [6, 6.07) is 0. The van der Waals surface area contributed by atoms with E-state index in [1.54, 1.807) is 0 Å². The van der Waals surface area contributed by atoms with Crippen molar-refractivity contribution in [1.82, 2.24) is 0 Å². The molecular formula is C11H20O. The minimum Gasteiger partial charge on any atom is -0.396 e. The first-order valence-corrected chi connectivity index (χ1v) is 4.74. The van der Waals surface area contributed by atoms with Gasteiger partial charge in [0.25, 0.3) is 0 Å². The number of hydrogen-bond donors (Lipinski definition) is 1. The van der Waals surface area contributed by atoms with Crippen LogP contribution in [0, 0.1) is 17.3 Å². The maximum Gasteiger partial charge on any atom is 0.0467 e. The summed E-state index contributed by atoms with van der Waals surface area (Å²) in [4.78, 5) is 0. The van der Waals surface area contributed by atoms with Gasteiger partial charge in [0.05, 0.1) is 0 Å². The predicted molar refractivity (Wildman–Crippen MR) is 51.9 cm³/mol. The lowest BCUT2D eigenvalue weighted by molar-refractivity contribution is 0.255. The third-order valence-corrected chi connectivity index (χ3v) is 3.26. The highest BCUT2D eigenvalue weighted by Gasteiger charge is 2.55. The lowest BCUT2D eigenvalue weighted by atomic mass is 10.1. The van der Waals surface area contributed by atoms with Crippen molar-refractivity contribution in [3.8, 4) is 0 Å². The van der Waals surface area contributed by atoms with Gasteiger partial charge in [-0.2, -0.15) is 0 Å². The third-order valence-electron chi connectivity index (χ3n) is 3.26. The van der Waals surface area contributed by atoms with Crippen molar-refractivity contribution in [2.45, 2.75) is 34.1 Å². The summed E-state index contributed by atoms with van der Waals surface area (Å²) in [7, 11) is 0. The molecule has 1 N–H and O–H groups in total. The van der Waals surface area contributed by atoms with Crippen molar-refractivity contribution in [2.75, 3.05) is 6.61 Å². The van der Waals surface area contributed by atoms with Crippen molar-refractivity contribution in [3.63, 3.8) is 0 Å². The summed E-state index contributed by atoms with van der Waals surface area (Å²) in [5.74, 6) is 1.24. The zero-order valence-corrected chi connectivity index (χ0v) is 8.59. The summed E-state index contributed by atoms with van der Waals surface area (Å²) in [5, 5.41) is 9.06. The zero-order valence-electron chi connectivity index (χ0n) is 8.59. The standard InChI is InChI=1S/C11H20O/c1-8(2)5-6-9-10(7-12)11(9,3)4/h5,9-10,12H,6-7H2,1-4H3/t9-,10-/m1/s1. The maximum atomic E-state index is 9.06. The van der Waals surface area contributed by atoms with Crippen LogP contribution in [0.25, 0.3) is 0 Å². The fourth-order valence-corrected chi connectivity index (χ4v) is 2.05. The topological polar surface area (TPSA) is 20.2 Å². The number of rotatable bonds is 3. The van der Waals surface area contributed by atoms with Gasteiger partial charge in [0.15, 0.2) is 0 Å². The minimum absolute atomic E-state index is 0.355. The van der Waals surface area contributed by atoms with E-state index in [0.717, 1.165) is 6.42 Å². The predicted octanol–water partition coefficient (Wildman–Crippen LogP) is 2.61. The Balaban J connectivity index is 2.43. The van der Waals surface area contributed by atoms with E-state index in [1.165, 1.54) is 5.57 Å². The first-order valence-electron chi connectivity index (χ1n) is 4.74. The van der Waals surface area contributed by atoms with Crippen LogP contribution in [0.2, 0.25) is 0 Å². The number of aliphatic hydroxyl groups excluding tert-OH is 1. The van der Waals surface area contributed by atoms with Gasteiger partial charge in [-0.25, -0.2) is 0 Å². The molecule has 70 valence electrons. The largest absolute Gasteiger partial charge is 0.396 e. The number of aliphatic hydroxyl groups is 1. The molecule has 0 aliphatic heterocycles. The molecule has 1 rings (SSSR count). The summed E-state index contributed by atoms with van der Waals surface area (Å²) >= 11 is 0. The molecule has 12 heavy (non-hydrogen) atoms. The van der Waals surface area contributed by atoms with Gasteiger partial charge in [0, 0.05) is 6.61 Å². The SMILES string of the molecule is CC(C)=CC[C@@H]1[C@@H](CO)C1(C)C. The van der Waals surface area contributed by atoms with Crippen molar-refractivity contribution >= 4 is 0 Å². The molecule has 0 bridgehead atoms. The van der Waals surface area contributed by atoms with E-state index in [9.17, 15) is 0 Å². The van der Waals surface area contributed by atoms with Crippen LogP contribution in [-0.4, -0.2) is 11.7 Å². The summed E-state index contributed by atoms with van der Waals surface area (Å²) in [5.41, 5.74) is 1.76. The molecule has 0 unspecified atom stereocenters. The van der Waals surface area contributed by atoms with Gasteiger partial charge >= 0.3 is 0 Å². The van der Waals surface area contributed by atoms with Gasteiger partial charge in [-0.1, -0.05) is 25.5 Å². The van der Waals surface area contributed by atoms with Gasteiger partial charge in [-0.15, -0.1) is 0 Å². The van der Waals surface area contributed by atoms with Crippen LogP contribution in [0.4, 0.5) is 0 Å². The fourth-order valence-electron chi connectivity index (χ4n) is 2.05. The molecule has 1 fully saturated rings. The fraction of sp³-hybridized carbons (Fsp3) is 0.818. The first kappa shape index (κ1) is 9.79. The smallest absolute Gasteiger partial charge is 0.0467 e. The first-order chi connectivity index (χ1) is 5.50. The van der Waals surface area contributed by atoms with Gasteiger partial charge in [-0.05, 0) is 37.5 Å². The molecular weight excluding hydrogens is 148 g/mol. The van der Waals surface area contributed by atoms with E-state index in [1.807, 2.05) is 0 Å². The van der Waals surface area contributed by atoms with Gasteiger partial charge in [0.1, 0.15) is 0 Å². The average molecular weight is 168 g/mol. The van der Waals surface area contributed by atoms with Crippen molar-refractivity contribution in [1.29, 1.82) is 0 Å². The van der Waals surface area contributed by atoms with Crippen LogP contribution in [-0.2, 0) is 0 Å². The van der Waals surface area contributed by atoms with E-state index >= 15 is 0 Å². The van der Waals surface area contributed by atoms with Crippen LogP contribution in [0.1, 0.15) is 34.1 Å². The van der Waals surface area contributed by atoms with Gasteiger partial charge in [0.2, 0.25) is 0 Å². The molecule has 2 atom stereocenters. The zero-order chi connectivity index (χ0) is 9.35. The second-order valence-corrected chi connectivity index (χ2v) is 4.73. The number of hydrogen-bond acceptors (Lipinski definition) is 1. The Kier molecular flexibility index (Phi) is 2.62. The van der Waals surface area contributed by atoms with Crippen molar-refractivity contribution in [3.05, 3.63) is 11.6 Å². The molecule has 1 saturated carbocycles. The van der Waals surface area contributed by atoms with Gasteiger partial charge in [-0.3, -0.25) is 0 Å². The number of allylic oxidation sites excluding steroid dienone is 2. The second-order valence-electron chi connectivity index (χ2n) is 4.73. The van der Waals surface area contributed by atoms with Crippen LogP contribution in [0.3, 0.4) is 0 Å². The Morgan fingerprint density at radius 2 is 1.92 bits per heavy atom. The molecule has 1 aliphatic rings. The Bertz CT molecular complexity index is 187. The molecule has 0 radical (unpaired) electrons. The van der Waals surface area contributed by atoms with Crippen LogP contribution in [0.5, 0.6) is 0 Å². The maximum absolute atomic E-state index is 9.06. The Hall–Kier alpha value is -0.300. The molecule has 0 spiro atoms. The highest BCUT2D eigenvalue weighted by Crippen LogP contribution is 2.59. The lowest BCUT2D eigenvalue weighted by Gasteiger charge is -1.98. The van der Waals surface area contributed by atoms with E-state index < -0.39 is 0 Å². The highest BCUT2D eigenvalue weighted by molar-refractivity contribution is 5.08. The van der Waals surface area contributed by atoms with E-state index in [-0.39, 0.29) is 0 Å². The van der Waals surface area contributed by atoms with E-state index in [0.29, 0.717) is 23.9 Å². The summed E-state index contributed by atoms with van der Waals surface area (Å²) < 4.78 is 0. The summed E-state index contributed by atoms with van der Waals surface area (Å²) in [6.45, 7) is 9.11. The Morgan fingerprint density at radius 1 is 1.33 bits per heavy atom. The monoisotopic (exact) mass is 168 g/mol. The van der Waals surface area contributed by atoms with Crippen LogP contribution >= 0.6 is 0 Å². The third kappa shape index (κ3) is 1.71. The summed E-state index contributed by atoms with van der Waals surface area (Å²) in [6.07, 6.45) is 3.42. The van der Waals surface area contributed by atoms with Crippen LogP contribution < -0.4 is 0 Å². The van der Waals surface area contributed by atoms with E-state index in [2.05, 4.69) is 33.8 Å². The average Bonchev–Trinajstić information content (AvgIpc) is 2.48. The normalized spacial score (nSPS) is 31.4. The highest BCUT2D eigenvalue weighted by atomic mass is 16.3. The molecule has 1 aliphatic carbocycles. The quantitative estimate of drug-likeness (QED) is 0.642. The molecule has 0 amide bonds. The molecule has 0 heterocycles. The van der Waals surface area contributed by atoms with Crippen molar-refractivity contribution in [2.24, 2.45) is 17.3 Å². The molecule has 1 nitrogen and oxygen atoms in total. The molecule has 0 aromatic rings. The van der Waals surface area contributed by atoms with Crippen molar-refractivity contribution < 1.29 is 5.11 Å². The van der Waals surface area contributed by atoms with Crippen LogP contribution in [0.15, 0.2) is 11.6 Å². The molecule has 1 heteroatoms. The molecule has 0 aromatic carbocycles. The molecule has 0 aromatic heterocycles.